The molecule has 0 saturated carbocycles. The summed E-state index contributed by atoms with van der Waals surface area (Å²) in [6, 6.07) is 5.78. The number of halogens is 1. The van der Waals surface area contributed by atoms with Crippen LogP contribution in [0, 0.1) is 19.7 Å². The Balaban J connectivity index is 1.88. The zero-order valence-electron chi connectivity index (χ0n) is 14.0. The number of nitrogens with zero attached hydrogens (tertiary/aromatic N) is 2. The fourth-order valence-electron chi connectivity index (χ4n) is 2.39. The fourth-order valence-corrected chi connectivity index (χ4v) is 4.27. The van der Waals surface area contributed by atoms with Gasteiger partial charge in [0.25, 0.3) is 5.91 Å². The number of anilines is 1. The summed E-state index contributed by atoms with van der Waals surface area (Å²) in [6.07, 6.45) is 0. The summed E-state index contributed by atoms with van der Waals surface area (Å²) in [6.45, 7) is 3.54. The van der Waals surface area contributed by atoms with Crippen LogP contribution in [0.1, 0.15) is 21.7 Å². The SMILES string of the molecule is Cc1cc(C(=O)Nc2nc(C)c(SCC(N)=O)s2)c2ccc(F)cc2n1. The van der Waals surface area contributed by atoms with Gasteiger partial charge in [-0.05, 0) is 32.0 Å². The van der Waals surface area contributed by atoms with Crippen LogP contribution < -0.4 is 11.1 Å². The van der Waals surface area contributed by atoms with E-state index in [-0.39, 0.29) is 11.7 Å². The van der Waals surface area contributed by atoms with Crippen LogP contribution in [0.25, 0.3) is 10.9 Å². The van der Waals surface area contributed by atoms with Crippen molar-refractivity contribution < 1.29 is 14.0 Å². The largest absolute Gasteiger partial charge is 0.369 e. The van der Waals surface area contributed by atoms with E-state index >= 15 is 0 Å². The van der Waals surface area contributed by atoms with Gasteiger partial charge < -0.3 is 5.73 Å². The van der Waals surface area contributed by atoms with Crippen LogP contribution in [0.2, 0.25) is 0 Å². The van der Waals surface area contributed by atoms with E-state index in [1.54, 1.807) is 19.9 Å². The third-order valence-corrected chi connectivity index (χ3v) is 5.92. The third-order valence-electron chi connectivity index (χ3n) is 3.46. The lowest BCUT2D eigenvalue weighted by Crippen LogP contribution is -2.13. The number of benzene rings is 1. The second-order valence-corrected chi connectivity index (χ2v) is 7.82. The highest BCUT2D eigenvalue weighted by molar-refractivity contribution is 8.01. The number of rotatable bonds is 5. The van der Waals surface area contributed by atoms with E-state index in [4.69, 9.17) is 5.73 Å². The molecule has 0 unspecified atom stereocenters. The molecule has 0 bridgehead atoms. The monoisotopic (exact) mass is 390 g/mol. The molecule has 6 nitrogen and oxygen atoms in total. The van der Waals surface area contributed by atoms with Crippen LogP contribution in [0.3, 0.4) is 0 Å². The van der Waals surface area contributed by atoms with Crippen molar-refractivity contribution in [3.05, 3.63) is 47.0 Å². The standard InChI is InChI=1S/C17H15FN4O2S2/c1-8-5-12(11-4-3-10(18)6-13(11)20-8)15(24)22-17-21-9(2)16(26-17)25-7-14(19)23/h3-6H,7H2,1-2H3,(H2,19,23)(H,21,22,24). The van der Waals surface area contributed by atoms with Gasteiger partial charge in [0.05, 0.1) is 26.7 Å². The first kappa shape index (κ1) is 18.3. The Morgan fingerprint density at radius 3 is 2.77 bits per heavy atom. The van der Waals surface area contributed by atoms with Crippen LogP contribution >= 0.6 is 23.1 Å². The van der Waals surface area contributed by atoms with Gasteiger partial charge >= 0.3 is 0 Å². The molecule has 2 heterocycles. The second-order valence-electron chi connectivity index (χ2n) is 5.57. The molecular formula is C17H15FN4O2S2. The van der Waals surface area contributed by atoms with Crippen LogP contribution in [-0.2, 0) is 4.79 Å². The molecule has 3 N–H and O–H groups in total. The van der Waals surface area contributed by atoms with Crippen molar-refractivity contribution in [3.63, 3.8) is 0 Å². The molecule has 26 heavy (non-hydrogen) atoms. The van der Waals surface area contributed by atoms with Crippen molar-refractivity contribution >= 4 is 50.9 Å². The van der Waals surface area contributed by atoms with Gasteiger partial charge in [-0.1, -0.05) is 11.3 Å². The quantitative estimate of drug-likeness (QED) is 0.652. The number of aryl methyl sites for hydroxylation is 2. The van der Waals surface area contributed by atoms with E-state index in [9.17, 15) is 14.0 Å². The van der Waals surface area contributed by atoms with Gasteiger partial charge in [-0.25, -0.2) is 9.37 Å². The number of aromatic nitrogens is 2. The molecule has 3 rings (SSSR count). The van der Waals surface area contributed by atoms with Crippen LogP contribution in [0.5, 0.6) is 0 Å². The number of amides is 2. The average molecular weight is 390 g/mol. The average Bonchev–Trinajstić information content (AvgIpc) is 2.91. The van der Waals surface area contributed by atoms with E-state index in [1.165, 1.54) is 41.3 Å². The lowest BCUT2D eigenvalue weighted by molar-refractivity contribution is -0.115. The minimum Gasteiger partial charge on any atom is -0.369 e. The maximum absolute atomic E-state index is 13.4. The number of thioether (sulfide) groups is 1. The van der Waals surface area contributed by atoms with E-state index in [1.807, 2.05) is 0 Å². The Labute approximate surface area is 157 Å². The second kappa shape index (κ2) is 7.38. The summed E-state index contributed by atoms with van der Waals surface area (Å²) in [5.41, 5.74) is 7.30. The van der Waals surface area contributed by atoms with E-state index in [0.29, 0.717) is 27.3 Å². The van der Waals surface area contributed by atoms with Crippen molar-refractivity contribution in [2.45, 2.75) is 18.1 Å². The molecule has 0 saturated heterocycles. The van der Waals surface area contributed by atoms with Crippen molar-refractivity contribution in [2.24, 2.45) is 5.73 Å². The van der Waals surface area contributed by atoms with Crippen LogP contribution in [0.15, 0.2) is 28.5 Å². The van der Waals surface area contributed by atoms with Crippen LogP contribution in [-0.4, -0.2) is 27.5 Å². The highest BCUT2D eigenvalue weighted by atomic mass is 32.2. The number of thiazole rings is 1. The first-order chi connectivity index (χ1) is 12.3. The van der Waals surface area contributed by atoms with Crippen LogP contribution in [0.4, 0.5) is 9.52 Å². The molecule has 3 aromatic rings. The molecule has 1 aromatic carbocycles. The number of hydrogen-bond acceptors (Lipinski definition) is 6. The molecule has 0 aliphatic rings. The Kier molecular flexibility index (Phi) is 5.19. The minimum atomic E-state index is -0.417. The summed E-state index contributed by atoms with van der Waals surface area (Å²) in [5.74, 6) is -1.03. The number of primary amides is 1. The molecule has 0 spiro atoms. The van der Waals surface area contributed by atoms with Gasteiger partial charge in [0.1, 0.15) is 5.82 Å². The molecule has 2 aromatic heterocycles. The predicted octanol–water partition coefficient (Wildman–Crippen LogP) is 3.28. The molecule has 0 aliphatic heterocycles. The highest BCUT2D eigenvalue weighted by Crippen LogP contribution is 2.32. The normalized spacial score (nSPS) is 10.9. The molecular weight excluding hydrogens is 375 g/mol. The van der Waals surface area contributed by atoms with Crippen molar-refractivity contribution in [2.75, 3.05) is 11.1 Å². The highest BCUT2D eigenvalue weighted by Gasteiger charge is 2.16. The Hall–Kier alpha value is -2.52. The number of hydrogen-bond donors (Lipinski definition) is 2. The topological polar surface area (TPSA) is 98.0 Å². The summed E-state index contributed by atoms with van der Waals surface area (Å²) in [4.78, 5) is 32.2. The predicted molar refractivity (Wildman–Crippen MR) is 101 cm³/mol. The third kappa shape index (κ3) is 4.00. The summed E-state index contributed by atoms with van der Waals surface area (Å²) >= 11 is 2.56. The number of carbonyl (C=O) groups excluding carboxylic acids is 2. The minimum absolute atomic E-state index is 0.149. The first-order valence-electron chi connectivity index (χ1n) is 7.60. The van der Waals surface area contributed by atoms with Gasteiger partial charge in [0.15, 0.2) is 5.13 Å². The van der Waals surface area contributed by atoms with E-state index in [2.05, 4.69) is 15.3 Å². The molecule has 0 aliphatic carbocycles. The maximum Gasteiger partial charge on any atom is 0.258 e. The summed E-state index contributed by atoms with van der Waals surface area (Å²) in [5, 5.41) is 3.74. The first-order valence-corrected chi connectivity index (χ1v) is 9.40. The van der Waals surface area contributed by atoms with E-state index < -0.39 is 11.7 Å². The Morgan fingerprint density at radius 1 is 1.27 bits per heavy atom. The zero-order chi connectivity index (χ0) is 18.8. The maximum atomic E-state index is 13.4. The van der Waals surface area contributed by atoms with Gasteiger partial charge in [0.2, 0.25) is 5.91 Å². The zero-order valence-corrected chi connectivity index (χ0v) is 15.6. The number of nitrogens with one attached hydrogen (secondary N) is 1. The summed E-state index contributed by atoms with van der Waals surface area (Å²) in [7, 11) is 0. The molecule has 134 valence electrons. The molecule has 9 heteroatoms. The number of nitrogens with two attached hydrogens (primary N) is 1. The van der Waals surface area contributed by atoms with Gasteiger partial charge in [0, 0.05) is 17.1 Å². The van der Waals surface area contributed by atoms with Crippen molar-refractivity contribution in [1.29, 1.82) is 0 Å². The molecule has 2 amide bonds. The molecule has 0 fully saturated rings. The Morgan fingerprint density at radius 2 is 2.04 bits per heavy atom. The van der Waals surface area contributed by atoms with E-state index in [0.717, 1.165) is 9.90 Å². The number of pyridine rings is 1. The van der Waals surface area contributed by atoms with Gasteiger partial charge in [-0.15, -0.1) is 11.8 Å². The summed E-state index contributed by atoms with van der Waals surface area (Å²) < 4.78 is 14.3. The smallest absolute Gasteiger partial charge is 0.258 e. The van der Waals surface area contributed by atoms with Gasteiger partial charge in [-0.3, -0.25) is 19.9 Å². The van der Waals surface area contributed by atoms with Crippen molar-refractivity contribution in [1.82, 2.24) is 9.97 Å². The lowest BCUT2D eigenvalue weighted by atomic mass is 10.1. The number of carbonyl (C=O) groups is 2. The number of fused-ring (bicyclic) bond motifs is 1. The lowest BCUT2D eigenvalue weighted by Gasteiger charge is -2.07. The van der Waals surface area contributed by atoms with Crippen molar-refractivity contribution in [3.8, 4) is 0 Å². The molecule has 0 radical (unpaired) electrons. The van der Waals surface area contributed by atoms with Gasteiger partial charge in [-0.2, -0.15) is 0 Å². The Bertz CT molecular complexity index is 1010. The molecule has 0 atom stereocenters. The fraction of sp³-hybridized carbons (Fsp3) is 0.176.